The van der Waals surface area contributed by atoms with Crippen molar-refractivity contribution in [3.05, 3.63) is 42.5 Å². The Bertz CT molecular complexity index is 699. The zero-order valence-electron chi connectivity index (χ0n) is 13.7. The molecule has 1 aliphatic heterocycles. The molecule has 2 amide bonds. The molecule has 2 fully saturated rings. The number of halogens is 2. The van der Waals surface area contributed by atoms with Crippen LogP contribution in [0.3, 0.4) is 0 Å². The predicted molar refractivity (Wildman–Crippen MR) is 88.5 cm³/mol. The Hall–Kier alpha value is -2.28. The van der Waals surface area contributed by atoms with Gasteiger partial charge in [0.2, 0.25) is 5.91 Å². The molecule has 3 rings (SSSR count). The predicted octanol–water partition coefficient (Wildman–Crippen LogP) is 2.60. The highest BCUT2D eigenvalue weighted by atomic mass is 19.3. The Balaban J connectivity index is 1.61. The molecule has 1 heterocycles. The fourth-order valence-corrected chi connectivity index (χ4v) is 3.56. The first-order chi connectivity index (χ1) is 11.9. The zero-order valence-corrected chi connectivity index (χ0v) is 13.7. The lowest BCUT2D eigenvalue weighted by Crippen LogP contribution is -2.28. The van der Waals surface area contributed by atoms with Gasteiger partial charge in [-0.2, -0.15) is 0 Å². The van der Waals surface area contributed by atoms with E-state index in [9.17, 15) is 18.4 Å². The van der Waals surface area contributed by atoms with Crippen molar-refractivity contribution >= 4 is 17.5 Å². The van der Waals surface area contributed by atoms with Crippen molar-refractivity contribution in [2.75, 3.05) is 25.1 Å². The largest absolute Gasteiger partial charge is 0.381 e. The molecule has 25 heavy (non-hydrogen) atoms. The maximum Gasteiger partial charge on any atom is 0.259 e. The first-order valence-electron chi connectivity index (χ1n) is 8.18. The number of nitrogens with one attached hydrogen (secondary N) is 2. The minimum Gasteiger partial charge on any atom is -0.381 e. The van der Waals surface area contributed by atoms with Crippen molar-refractivity contribution in [3.63, 3.8) is 0 Å². The van der Waals surface area contributed by atoms with E-state index in [4.69, 9.17) is 4.74 Å². The summed E-state index contributed by atoms with van der Waals surface area (Å²) in [5.74, 6) is -4.45. The molecule has 7 heteroatoms. The van der Waals surface area contributed by atoms with Gasteiger partial charge >= 0.3 is 0 Å². The third-order valence-electron chi connectivity index (χ3n) is 5.11. The second-order valence-electron chi connectivity index (χ2n) is 6.43. The van der Waals surface area contributed by atoms with Crippen molar-refractivity contribution in [1.82, 2.24) is 5.32 Å². The summed E-state index contributed by atoms with van der Waals surface area (Å²) in [5, 5.41) is 5.14. The summed E-state index contributed by atoms with van der Waals surface area (Å²) in [7, 11) is 0. The van der Waals surface area contributed by atoms with Crippen molar-refractivity contribution < 1.29 is 23.1 Å². The van der Waals surface area contributed by atoms with Gasteiger partial charge in [-0.15, -0.1) is 0 Å². The highest BCUT2D eigenvalue weighted by Gasteiger charge is 2.79. The molecule has 1 spiro atoms. The zero-order chi connectivity index (χ0) is 18.1. The smallest absolute Gasteiger partial charge is 0.259 e. The number of hydrogen-bond donors (Lipinski definition) is 2. The topological polar surface area (TPSA) is 67.4 Å². The maximum absolute atomic E-state index is 14.2. The number of rotatable bonds is 5. The SMILES string of the molecule is C=CC(=O)Nc1cccc(C(=O)NCC2C(F)(F)C23CCOCC3)c1. The molecule has 0 radical (unpaired) electrons. The summed E-state index contributed by atoms with van der Waals surface area (Å²) >= 11 is 0. The van der Waals surface area contributed by atoms with Crippen LogP contribution in [-0.2, 0) is 9.53 Å². The van der Waals surface area contributed by atoms with E-state index < -0.39 is 29.1 Å². The second kappa shape index (κ2) is 6.55. The second-order valence-corrected chi connectivity index (χ2v) is 6.43. The summed E-state index contributed by atoms with van der Waals surface area (Å²) in [4.78, 5) is 23.6. The van der Waals surface area contributed by atoms with E-state index in [0.29, 0.717) is 37.3 Å². The quantitative estimate of drug-likeness (QED) is 0.802. The van der Waals surface area contributed by atoms with Crippen LogP contribution in [0.2, 0.25) is 0 Å². The molecule has 2 aliphatic rings. The first-order valence-corrected chi connectivity index (χ1v) is 8.18. The molecular weight excluding hydrogens is 330 g/mol. The van der Waals surface area contributed by atoms with Gasteiger partial charge in [0.05, 0.1) is 5.92 Å². The fraction of sp³-hybridized carbons (Fsp3) is 0.444. The Kier molecular flexibility index (Phi) is 4.60. The van der Waals surface area contributed by atoms with E-state index >= 15 is 0 Å². The molecular formula is C18H20F2N2O3. The number of benzene rings is 1. The standard InChI is InChI=1S/C18H20F2N2O3/c1-2-15(23)22-13-5-3-4-12(10-13)16(24)21-11-14-17(18(14,19)20)6-8-25-9-7-17/h2-5,10,14H,1,6-9,11H2,(H,21,24)(H,22,23). The monoisotopic (exact) mass is 350 g/mol. The van der Waals surface area contributed by atoms with Gasteiger partial charge in [-0.3, -0.25) is 9.59 Å². The van der Waals surface area contributed by atoms with Gasteiger partial charge in [0.1, 0.15) is 0 Å². The van der Waals surface area contributed by atoms with Crippen molar-refractivity contribution in [1.29, 1.82) is 0 Å². The maximum atomic E-state index is 14.2. The summed E-state index contributed by atoms with van der Waals surface area (Å²) < 4.78 is 33.5. The molecule has 5 nitrogen and oxygen atoms in total. The lowest BCUT2D eigenvalue weighted by Gasteiger charge is -2.22. The van der Waals surface area contributed by atoms with Crippen LogP contribution in [-0.4, -0.2) is 37.5 Å². The number of alkyl halides is 2. The molecule has 1 aromatic carbocycles. The Morgan fingerprint density at radius 1 is 1.32 bits per heavy atom. The van der Waals surface area contributed by atoms with E-state index in [1.807, 2.05) is 0 Å². The minimum atomic E-state index is -2.76. The van der Waals surface area contributed by atoms with Gasteiger partial charge < -0.3 is 15.4 Å². The van der Waals surface area contributed by atoms with Crippen molar-refractivity contribution in [2.45, 2.75) is 18.8 Å². The van der Waals surface area contributed by atoms with E-state index in [2.05, 4.69) is 17.2 Å². The van der Waals surface area contributed by atoms with Crippen LogP contribution < -0.4 is 10.6 Å². The molecule has 0 bridgehead atoms. The van der Waals surface area contributed by atoms with Crippen LogP contribution in [0.4, 0.5) is 14.5 Å². The fourth-order valence-electron chi connectivity index (χ4n) is 3.56. The normalized spacial score (nSPS) is 22.9. The van der Waals surface area contributed by atoms with Gasteiger partial charge in [0.25, 0.3) is 11.8 Å². The van der Waals surface area contributed by atoms with Gasteiger partial charge in [-0.1, -0.05) is 12.6 Å². The highest BCUT2D eigenvalue weighted by molar-refractivity contribution is 6.00. The number of ether oxygens (including phenoxy) is 1. The van der Waals surface area contributed by atoms with Crippen LogP contribution in [0.15, 0.2) is 36.9 Å². The lowest BCUT2D eigenvalue weighted by molar-refractivity contribution is -0.111. The summed E-state index contributed by atoms with van der Waals surface area (Å²) in [6, 6.07) is 6.30. The van der Waals surface area contributed by atoms with Crippen LogP contribution in [0.25, 0.3) is 0 Å². The van der Waals surface area contributed by atoms with E-state index in [1.54, 1.807) is 18.2 Å². The third kappa shape index (κ3) is 3.16. The molecule has 0 aromatic heterocycles. The van der Waals surface area contributed by atoms with Crippen molar-refractivity contribution in [2.24, 2.45) is 11.3 Å². The summed E-state index contributed by atoms with van der Waals surface area (Å²) in [6.07, 6.45) is 1.77. The summed E-state index contributed by atoms with van der Waals surface area (Å²) in [6.45, 7) is 3.96. The number of hydrogen-bond acceptors (Lipinski definition) is 3. The van der Waals surface area contributed by atoms with Crippen LogP contribution >= 0.6 is 0 Å². The average Bonchev–Trinajstić information content (AvgIpc) is 3.05. The van der Waals surface area contributed by atoms with Gasteiger partial charge in [0.15, 0.2) is 0 Å². The third-order valence-corrected chi connectivity index (χ3v) is 5.11. The molecule has 1 saturated heterocycles. The molecule has 2 N–H and O–H groups in total. The highest BCUT2D eigenvalue weighted by Crippen LogP contribution is 2.70. The number of carbonyl (C=O) groups excluding carboxylic acids is 2. The Morgan fingerprint density at radius 2 is 2.04 bits per heavy atom. The van der Waals surface area contributed by atoms with Gasteiger partial charge in [0, 0.05) is 36.4 Å². The van der Waals surface area contributed by atoms with Gasteiger partial charge in [-0.05, 0) is 37.1 Å². The van der Waals surface area contributed by atoms with E-state index in [-0.39, 0.29) is 6.54 Å². The Labute approximate surface area is 144 Å². The van der Waals surface area contributed by atoms with Crippen LogP contribution in [0.5, 0.6) is 0 Å². The number of anilines is 1. The lowest BCUT2D eigenvalue weighted by atomic mass is 9.93. The molecule has 1 unspecified atom stereocenters. The molecule has 1 saturated carbocycles. The number of amides is 2. The Morgan fingerprint density at radius 3 is 2.72 bits per heavy atom. The molecule has 1 aliphatic carbocycles. The number of carbonyl (C=O) groups is 2. The average molecular weight is 350 g/mol. The van der Waals surface area contributed by atoms with Crippen LogP contribution in [0.1, 0.15) is 23.2 Å². The van der Waals surface area contributed by atoms with Gasteiger partial charge in [-0.25, -0.2) is 8.78 Å². The molecule has 1 atom stereocenters. The summed E-state index contributed by atoms with van der Waals surface area (Å²) in [5.41, 5.74) is -0.291. The van der Waals surface area contributed by atoms with E-state index in [1.165, 1.54) is 6.07 Å². The van der Waals surface area contributed by atoms with Crippen molar-refractivity contribution in [3.8, 4) is 0 Å². The molecule has 1 aromatic rings. The molecule has 134 valence electrons. The van der Waals surface area contributed by atoms with Crippen LogP contribution in [0, 0.1) is 11.3 Å². The first kappa shape index (κ1) is 17.5. The minimum absolute atomic E-state index is 0.0743. The van der Waals surface area contributed by atoms with E-state index in [0.717, 1.165) is 6.08 Å².